The molecule has 1 aliphatic heterocycles. The zero-order valence-electron chi connectivity index (χ0n) is 18.2. The highest BCUT2D eigenvalue weighted by atomic mass is 19.4. The van der Waals surface area contributed by atoms with Gasteiger partial charge < -0.3 is 19.4 Å². The first-order chi connectivity index (χ1) is 16.8. The predicted octanol–water partition coefficient (Wildman–Crippen LogP) is 5.96. The average Bonchev–Trinajstić information content (AvgIpc) is 3.42. The highest BCUT2D eigenvalue weighted by molar-refractivity contribution is 5.86. The molecule has 1 N–H and O–H groups in total. The Labute approximate surface area is 198 Å². The Morgan fingerprint density at radius 1 is 1.09 bits per heavy atom. The second-order valence-electron chi connectivity index (χ2n) is 8.10. The van der Waals surface area contributed by atoms with E-state index in [9.17, 15) is 18.0 Å². The van der Waals surface area contributed by atoms with Gasteiger partial charge in [0.2, 0.25) is 0 Å². The maximum absolute atomic E-state index is 13.0. The number of nitriles is 1. The molecular weight excluding hydrogens is 459 g/mol. The quantitative estimate of drug-likeness (QED) is 0.385. The number of halogens is 3. The minimum atomic E-state index is -4.61. The van der Waals surface area contributed by atoms with Gasteiger partial charge in [0.25, 0.3) is 0 Å². The third-order valence-corrected chi connectivity index (χ3v) is 5.77. The summed E-state index contributed by atoms with van der Waals surface area (Å²) in [4.78, 5) is 11.4. The van der Waals surface area contributed by atoms with Crippen LogP contribution in [0.15, 0.2) is 72.9 Å². The molecule has 0 spiro atoms. The van der Waals surface area contributed by atoms with E-state index in [0.29, 0.717) is 18.8 Å². The molecule has 9 heteroatoms. The maximum atomic E-state index is 13.0. The molecule has 6 nitrogen and oxygen atoms in total. The Morgan fingerprint density at radius 2 is 1.83 bits per heavy atom. The number of hydrogen-bond acceptors (Lipinski definition) is 4. The summed E-state index contributed by atoms with van der Waals surface area (Å²) < 4.78 is 51.8. The topological polar surface area (TPSA) is 76.3 Å². The number of alkyl carbamates (subject to hydrolysis) is 1. The van der Waals surface area contributed by atoms with Crippen molar-refractivity contribution in [3.8, 4) is 23.3 Å². The normalized spacial score (nSPS) is 15.5. The molecule has 0 bridgehead atoms. The second-order valence-corrected chi connectivity index (χ2v) is 8.10. The molecule has 176 valence electrons. The average molecular weight is 477 g/mol. The van der Waals surface area contributed by atoms with E-state index in [1.165, 1.54) is 6.07 Å². The third kappa shape index (κ3) is 4.51. The molecular formula is C26H18F3N3O3. The van der Waals surface area contributed by atoms with Gasteiger partial charge in [-0.3, -0.25) is 0 Å². The predicted molar refractivity (Wildman–Crippen MR) is 121 cm³/mol. The molecule has 1 aromatic heterocycles. The lowest BCUT2D eigenvalue weighted by atomic mass is 10.1. The van der Waals surface area contributed by atoms with Gasteiger partial charge in [0.05, 0.1) is 28.8 Å². The number of carbonyl (C=O) groups excluding carboxylic acids is 1. The fourth-order valence-electron chi connectivity index (χ4n) is 4.17. The van der Waals surface area contributed by atoms with Gasteiger partial charge >= 0.3 is 12.3 Å². The van der Waals surface area contributed by atoms with Crippen LogP contribution in [0, 0.1) is 11.3 Å². The molecule has 0 aliphatic carbocycles. The Bertz CT molecular complexity index is 1450. The van der Waals surface area contributed by atoms with Gasteiger partial charge in [-0.25, -0.2) is 4.79 Å². The second kappa shape index (κ2) is 8.72. The number of para-hydroxylation sites is 1. The van der Waals surface area contributed by atoms with E-state index in [0.717, 1.165) is 34.3 Å². The number of carbonyl (C=O) groups is 1. The number of nitrogens with one attached hydrogen (secondary N) is 1. The highest BCUT2D eigenvalue weighted by Crippen LogP contribution is 2.35. The number of aromatic nitrogens is 1. The molecule has 1 saturated heterocycles. The van der Waals surface area contributed by atoms with E-state index in [-0.39, 0.29) is 11.8 Å². The van der Waals surface area contributed by atoms with E-state index in [2.05, 4.69) is 5.32 Å². The molecule has 0 saturated carbocycles. The Balaban J connectivity index is 1.40. The largest absolute Gasteiger partial charge is 0.457 e. The van der Waals surface area contributed by atoms with Crippen LogP contribution in [-0.4, -0.2) is 23.3 Å². The van der Waals surface area contributed by atoms with Crippen molar-refractivity contribution in [1.29, 1.82) is 5.26 Å². The molecule has 3 aromatic carbocycles. The van der Waals surface area contributed by atoms with E-state index < -0.39 is 23.4 Å². The minimum absolute atomic E-state index is 0.0976. The van der Waals surface area contributed by atoms with Crippen molar-refractivity contribution < 1.29 is 27.4 Å². The van der Waals surface area contributed by atoms with Gasteiger partial charge in [-0.2, -0.15) is 18.4 Å². The summed E-state index contributed by atoms with van der Waals surface area (Å²) in [6.45, 7) is 0.321. The van der Waals surface area contributed by atoms with Crippen LogP contribution in [0.1, 0.15) is 16.7 Å². The molecule has 1 fully saturated rings. The summed E-state index contributed by atoms with van der Waals surface area (Å²) in [5, 5.41) is 12.9. The first kappa shape index (κ1) is 22.3. The van der Waals surface area contributed by atoms with Crippen LogP contribution in [0.4, 0.5) is 18.0 Å². The zero-order chi connectivity index (χ0) is 24.6. The van der Waals surface area contributed by atoms with Crippen LogP contribution < -0.4 is 10.1 Å². The fraction of sp³-hybridized carbons (Fsp3) is 0.154. The number of amides is 1. The van der Waals surface area contributed by atoms with Gasteiger partial charge in [-0.1, -0.05) is 18.2 Å². The lowest BCUT2D eigenvalue weighted by Crippen LogP contribution is -2.28. The molecule has 2 heterocycles. The van der Waals surface area contributed by atoms with Crippen molar-refractivity contribution in [3.05, 3.63) is 89.6 Å². The summed E-state index contributed by atoms with van der Waals surface area (Å²) in [6.07, 6.45) is -2.39. The summed E-state index contributed by atoms with van der Waals surface area (Å²) in [6, 6.07) is 19.6. The number of ether oxygens (including phenoxy) is 2. The molecule has 35 heavy (non-hydrogen) atoms. The molecule has 1 unspecified atom stereocenters. The van der Waals surface area contributed by atoms with Crippen LogP contribution in [0.3, 0.4) is 0 Å². The van der Waals surface area contributed by atoms with Crippen molar-refractivity contribution in [2.24, 2.45) is 0 Å². The first-order valence-electron chi connectivity index (χ1n) is 10.7. The van der Waals surface area contributed by atoms with E-state index in [1.54, 1.807) is 18.2 Å². The number of cyclic esters (lactones) is 1. The van der Waals surface area contributed by atoms with Gasteiger partial charge in [-0.05, 0) is 60.5 Å². The molecule has 5 rings (SSSR count). The van der Waals surface area contributed by atoms with Gasteiger partial charge in [0, 0.05) is 17.3 Å². The fourth-order valence-corrected chi connectivity index (χ4v) is 4.17. The number of benzene rings is 3. The summed E-state index contributed by atoms with van der Waals surface area (Å²) >= 11 is 0. The number of fused-ring (bicyclic) bond motifs is 1. The smallest absolute Gasteiger partial charge is 0.417 e. The highest BCUT2D eigenvalue weighted by Gasteiger charge is 2.33. The number of nitrogens with zero attached hydrogens (tertiary/aromatic N) is 2. The summed E-state index contributed by atoms with van der Waals surface area (Å²) in [7, 11) is 0. The summed E-state index contributed by atoms with van der Waals surface area (Å²) in [5.41, 5.74) is 1.41. The zero-order valence-corrected chi connectivity index (χ0v) is 18.2. The van der Waals surface area contributed by atoms with E-state index in [4.69, 9.17) is 14.7 Å². The number of rotatable bonds is 5. The third-order valence-electron chi connectivity index (χ3n) is 5.77. The van der Waals surface area contributed by atoms with Crippen LogP contribution in [0.25, 0.3) is 16.6 Å². The van der Waals surface area contributed by atoms with Crippen LogP contribution in [-0.2, 0) is 17.3 Å². The van der Waals surface area contributed by atoms with Gasteiger partial charge in [0.15, 0.2) is 0 Å². The number of alkyl halides is 3. The minimum Gasteiger partial charge on any atom is -0.457 e. The molecule has 1 aliphatic rings. The van der Waals surface area contributed by atoms with Crippen molar-refractivity contribution in [2.45, 2.75) is 18.6 Å². The van der Waals surface area contributed by atoms with Crippen molar-refractivity contribution in [2.75, 3.05) is 6.61 Å². The van der Waals surface area contributed by atoms with Crippen LogP contribution in [0.2, 0.25) is 0 Å². The SMILES string of the molecule is N#Cc1cc(Oc2ccc(-n3cc(CC4COC(=O)N4)c4ccccc43)cc2)ccc1C(F)(F)F. The lowest BCUT2D eigenvalue weighted by Gasteiger charge is -2.12. The molecule has 4 aromatic rings. The van der Waals surface area contributed by atoms with Crippen molar-refractivity contribution in [1.82, 2.24) is 9.88 Å². The Morgan fingerprint density at radius 3 is 2.51 bits per heavy atom. The van der Waals surface area contributed by atoms with E-state index >= 15 is 0 Å². The summed E-state index contributed by atoms with van der Waals surface area (Å²) in [5.74, 6) is 0.553. The molecule has 1 amide bonds. The van der Waals surface area contributed by atoms with Crippen LogP contribution in [0.5, 0.6) is 11.5 Å². The molecule has 1 atom stereocenters. The standard InChI is InChI=1S/C26H18F3N3O3/c27-26(28,29)23-10-9-21(12-16(23)13-30)35-20-7-5-19(6-8-20)32-14-17(11-18-15-34-25(33)31-18)22-3-1-2-4-24(22)32/h1-10,12,14,18H,11,15H2,(H,31,33). The van der Waals surface area contributed by atoms with E-state index in [1.807, 2.05) is 47.2 Å². The van der Waals surface area contributed by atoms with Crippen LogP contribution >= 0.6 is 0 Å². The van der Waals surface area contributed by atoms with Crippen molar-refractivity contribution in [3.63, 3.8) is 0 Å². The van der Waals surface area contributed by atoms with Crippen molar-refractivity contribution >= 4 is 17.0 Å². The van der Waals surface area contributed by atoms with Gasteiger partial charge in [0.1, 0.15) is 18.1 Å². The Hall–Kier alpha value is -4.45. The first-order valence-corrected chi connectivity index (χ1v) is 10.7. The maximum Gasteiger partial charge on any atom is 0.417 e. The number of hydrogen-bond donors (Lipinski definition) is 1. The Kier molecular flexibility index (Phi) is 5.57. The monoisotopic (exact) mass is 477 g/mol. The van der Waals surface area contributed by atoms with Gasteiger partial charge in [-0.15, -0.1) is 0 Å². The molecule has 0 radical (unpaired) electrons. The lowest BCUT2D eigenvalue weighted by molar-refractivity contribution is -0.137.